The molecule has 1 amide bonds. The topological polar surface area (TPSA) is 80.2 Å². The van der Waals surface area contributed by atoms with Gasteiger partial charge in [0.15, 0.2) is 11.5 Å². The number of carbonyl (C=O) groups excluding carboxylic acids is 1. The van der Waals surface area contributed by atoms with Crippen LogP contribution in [0.5, 0.6) is 17.2 Å². The lowest BCUT2D eigenvalue weighted by Gasteiger charge is -2.18. The minimum atomic E-state index is -0.477. The number of fused-ring (bicyclic) bond motifs is 2. The van der Waals surface area contributed by atoms with Gasteiger partial charge in [-0.3, -0.25) is 4.79 Å². The van der Waals surface area contributed by atoms with E-state index in [4.69, 9.17) is 9.47 Å². The van der Waals surface area contributed by atoms with Gasteiger partial charge in [0, 0.05) is 5.56 Å². The summed E-state index contributed by atoms with van der Waals surface area (Å²) in [7, 11) is 0. The molecule has 1 heterocycles. The Morgan fingerprint density at radius 2 is 1.70 bits per heavy atom. The van der Waals surface area contributed by atoms with E-state index in [9.17, 15) is 9.90 Å². The van der Waals surface area contributed by atoms with Crippen LogP contribution in [-0.2, 0) is 0 Å². The molecule has 0 unspecified atom stereocenters. The summed E-state index contributed by atoms with van der Waals surface area (Å²) >= 11 is 0. The summed E-state index contributed by atoms with van der Waals surface area (Å²) in [6, 6.07) is 16.2. The van der Waals surface area contributed by atoms with Crippen LogP contribution >= 0.6 is 0 Å². The Morgan fingerprint density at radius 3 is 2.48 bits per heavy atom. The number of ether oxygens (including phenoxy) is 2. The van der Waals surface area contributed by atoms with Gasteiger partial charge in [-0.05, 0) is 48.0 Å². The fourth-order valence-corrected chi connectivity index (χ4v) is 2.94. The second-order valence-corrected chi connectivity index (χ2v) is 6.21. The first kappa shape index (κ1) is 16.9. The van der Waals surface area contributed by atoms with Crippen LogP contribution in [0.25, 0.3) is 10.8 Å². The van der Waals surface area contributed by atoms with Gasteiger partial charge >= 0.3 is 0 Å². The molecule has 3 aromatic rings. The normalized spacial score (nSPS) is 13.4. The molecule has 0 atom stereocenters. The fourth-order valence-electron chi connectivity index (χ4n) is 2.94. The quantitative estimate of drug-likeness (QED) is 0.552. The van der Waals surface area contributed by atoms with Crippen LogP contribution in [0.1, 0.15) is 22.8 Å². The average molecular weight is 362 g/mol. The van der Waals surface area contributed by atoms with E-state index in [2.05, 4.69) is 10.5 Å². The number of aromatic hydroxyl groups is 1. The molecule has 0 saturated carbocycles. The summed E-state index contributed by atoms with van der Waals surface area (Å²) in [6.45, 7) is 2.82. The number of phenols is 1. The number of amides is 1. The average Bonchev–Trinajstić information content (AvgIpc) is 2.70. The number of nitrogens with zero attached hydrogens (tertiary/aromatic N) is 1. The molecule has 0 aliphatic carbocycles. The van der Waals surface area contributed by atoms with Crippen molar-refractivity contribution in [3.8, 4) is 17.2 Å². The van der Waals surface area contributed by atoms with Crippen molar-refractivity contribution in [2.24, 2.45) is 5.10 Å². The van der Waals surface area contributed by atoms with Crippen LogP contribution in [-0.4, -0.2) is 29.9 Å². The van der Waals surface area contributed by atoms with E-state index in [0.717, 1.165) is 16.3 Å². The zero-order chi connectivity index (χ0) is 18.8. The van der Waals surface area contributed by atoms with E-state index < -0.39 is 5.91 Å². The molecule has 6 heteroatoms. The first-order valence-corrected chi connectivity index (χ1v) is 8.58. The monoisotopic (exact) mass is 362 g/mol. The van der Waals surface area contributed by atoms with E-state index in [1.54, 1.807) is 19.1 Å². The lowest BCUT2D eigenvalue weighted by atomic mass is 10.1. The first-order valence-electron chi connectivity index (χ1n) is 8.58. The van der Waals surface area contributed by atoms with Crippen LogP contribution in [0.15, 0.2) is 59.7 Å². The van der Waals surface area contributed by atoms with Crippen molar-refractivity contribution < 1.29 is 19.4 Å². The number of phenolic OH excluding ortho intramolecular Hbond substituents is 1. The molecule has 0 saturated heterocycles. The van der Waals surface area contributed by atoms with Gasteiger partial charge in [0.25, 0.3) is 5.91 Å². The Morgan fingerprint density at radius 1 is 1.00 bits per heavy atom. The summed E-state index contributed by atoms with van der Waals surface area (Å²) < 4.78 is 11.1. The maximum Gasteiger partial charge on any atom is 0.275 e. The lowest BCUT2D eigenvalue weighted by Crippen LogP contribution is -2.20. The second kappa shape index (κ2) is 6.99. The van der Waals surface area contributed by atoms with Crippen molar-refractivity contribution in [2.75, 3.05) is 13.2 Å². The van der Waals surface area contributed by atoms with Crippen molar-refractivity contribution in [3.63, 3.8) is 0 Å². The summed E-state index contributed by atoms with van der Waals surface area (Å²) in [5.41, 5.74) is 4.09. The molecule has 0 spiro atoms. The molecule has 27 heavy (non-hydrogen) atoms. The van der Waals surface area contributed by atoms with Gasteiger partial charge in [-0.1, -0.05) is 24.3 Å². The third-order valence-electron chi connectivity index (χ3n) is 4.39. The van der Waals surface area contributed by atoms with E-state index in [1.165, 1.54) is 0 Å². The molecule has 136 valence electrons. The smallest absolute Gasteiger partial charge is 0.275 e. The van der Waals surface area contributed by atoms with E-state index >= 15 is 0 Å². The maximum atomic E-state index is 12.5. The zero-order valence-electron chi connectivity index (χ0n) is 14.7. The van der Waals surface area contributed by atoms with E-state index in [-0.39, 0.29) is 11.3 Å². The molecule has 0 fully saturated rings. The van der Waals surface area contributed by atoms with Gasteiger partial charge in [-0.25, -0.2) is 5.43 Å². The Bertz CT molecular complexity index is 1060. The molecule has 3 aromatic carbocycles. The minimum Gasteiger partial charge on any atom is -0.507 e. The van der Waals surface area contributed by atoms with Gasteiger partial charge in [0.2, 0.25) is 0 Å². The molecule has 1 aliphatic heterocycles. The van der Waals surface area contributed by atoms with Gasteiger partial charge in [0.1, 0.15) is 19.0 Å². The highest BCUT2D eigenvalue weighted by atomic mass is 16.6. The highest BCUT2D eigenvalue weighted by Gasteiger charge is 2.14. The molecule has 2 N–H and O–H groups in total. The van der Waals surface area contributed by atoms with Crippen LogP contribution in [0.4, 0.5) is 0 Å². The van der Waals surface area contributed by atoms with E-state index in [0.29, 0.717) is 30.4 Å². The van der Waals surface area contributed by atoms with Crippen LogP contribution in [0.3, 0.4) is 0 Å². The van der Waals surface area contributed by atoms with Crippen LogP contribution in [0.2, 0.25) is 0 Å². The molecule has 0 bridgehead atoms. The molecule has 0 aromatic heterocycles. The molecular formula is C21H18N2O4. The molecule has 0 radical (unpaired) electrons. The lowest BCUT2D eigenvalue weighted by molar-refractivity contribution is 0.0952. The van der Waals surface area contributed by atoms with Crippen molar-refractivity contribution >= 4 is 22.4 Å². The summed E-state index contributed by atoms with van der Waals surface area (Å²) in [4.78, 5) is 12.5. The Kier molecular flexibility index (Phi) is 4.38. The van der Waals surface area contributed by atoms with Gasteiger partial charge in [-0.15, -0.1) is 0 Å². The van der Waals surface area contributed by atoms with Gasteiger partial charge in [-0.2, -0.15) is 5.10 Å². The number of benzene rings is 3. The van der Waals surface area contributed by atoms with Crippen molar-refractivity contribution in [3.05, 3.63) is 65.7 Å². The van der Waals surface area contributed by atoms with Crippen molar-refractivity contribution in [2.45, 2.75) is 6.92 Å². The third kappa shape index (κ3) is 3.42. The molecule has 1 aliphatic rings. The minimum absolute atomic E-state index is 0.0848. The first-order chi connectivity index (χ1) is 13.1. The number of nitrogens with one attached hydrogen (secondary N) is 1. The molecule has 6 nitrogen and oxygen atoms in total. The Labute approximate surface area is 156 Å². The highest BCUT2D eigenvalue weighted by Crippen LogP contribution is 2.31. The summed E-state index contributed by atoms with van der Waals surface area (Å²) in [5.74, 6) is 0.795. The number of hydrazone groups is 1. The highest BCUT2D eigenvalue weighted by molar-refractivity contribution is 6.03. The fraction of sp³-hybridized carbons (Fsp3) is 0.143. The molecule has 4 rings (SSSR count). The Hall–Kier alpha value is -3.54. The van der Waals surface area contributed by atoms with Crippen LogP contribution in [0, 0.1) is 0 Å². The van der Waals surface area contributed by atoms with Crippen LogP contribution < -0.4 is 14.9 Å². The summed E-state index contributed by atoms with van der Waals surface area (Å²) in [6.07, 6.45) is 0. The second-order valence-electron chi connectivity index (χ2n) is 6.21. The summed E-state index contributed by atoms with van der Waals surface area (Å²) in [5, 5.41) is 16.0. The number of carbonyl (C=O) groups is 1. The largest absolute Gasteiger partial charge is 0.507 e. The van der Waals surface area contributed by atoms with Gasteiger partial charge < -0.3 is 14.6 Å². The van der Waals surface area contributed by atoms with Crippen molar-refractivity contribution in [1.82, 2.24) is 5.43 Å². The van der Waals surface area contributed by atoms with Crippen molar-refractivity contribution in [1.29, 1.82) is 0 Å². The van der Waals surface area contributed by atoms with E-state index in [1.807, 2.05) is 42.5 Å². The maximum absolute atomic E-state index is 12.5. The third-order valence-corrected chi connectivity index (χ3v) is 4.39. The zero-order valence-corrected chi connectivity index (χ0v) is 14.7. The van der Waals surface area contributed by atoms with Gasteiger partial charge in [0.05, 0.1) is 11.3 Å². The number of hydrogen-bond donors (Lipinski definition) is 2. The predicted octanol–water partition coefficient (Wildman–Crippen LogP) is 3.47. The predicted molar refractivity (Wildman–Crippen MR) is 103 cm³/mol. The number of rotatable bonds is 3. The Balaban J connectivity index is 1.55. The SMILES string of the molecule is C/C(=N/NC(=O)c1cc2ccccc2cc1O)c1ccc2c(c1)OCCO2. The number of hydrogen-bond acceptors (Lipinski definition) is 5. The standard InChI is InChI=1S/C21H18N2O4/c1-13(14-6-7-19-20(12-14)27-9-8-26-19)22-23-21(25)17-10-15-4-2-3-5-16(15)11-18(17)24/h2-7,10-12,24H,8-9H2,1H3,(H,23,25)/b22-13-. The molecular weight excluding hydrogens is 344 g/mol.